The number of aromatic nitrogens is 2. The van der Waals surface area contributed by atoms with Crippen LogP contribution < -0.4 is 0 Å². The van der Waals surface area contributed by atoms with Crippen molar-refractivity contribution < 1.29 is 4.39 Å². The van der Waals surface area contributed by atoms with Crippen LogP contribution in [0.2, 0.25) is 0 Å². The van der Waals surface area contributed by atoms with E-state index in [1.54, 1.807) is 6.07 Å². The SMILES string of the molecule is Fc1cc2c(cc1I)nc(CCCl)n2-c1cccc(Br)c1. The van der Waals surface area contributed by atoms with Crippen LogP contribution in [-0.2, 0) is 6.42 Å². The Hall–Kier alpha value is -0.660. The van der Waals surface area contributed by atoms with E-state index < -0.39 is 0 Å². The average Bonchev–Trinajstić information content (AvgIpc) is 2.77. The topological polar surface area (TPSA) is 17.8 Å². The average molecular weight is 480 g/mol. The molecule has 0 amide bonds. The van der Waals surface area contributed by atoms with Crippen LogP contribution in [0.25, 0.3) is 16.7 Å². The number of rotatable bonds is 3. The van der Waals surface area contributed by atoms with Crippen LogP contribution in [0.15, 0.2) is 40.9 Å². The molecule has 1 heterocycles. The van der Waals surface area contributed by atoms with E-state index in [1.807, 2.05) is 51.4 Å². The fraction of sp³-hybridized carbons (Fsp3) is 0.133. The molecule has 0 N–H and O–H groups in total. The first kappa shape index (κ1) is 15.2. The third-order valence-corrected chi connectivity index (χ3v) is 4.66. The van der Waals surface area contributed by atoms with Crippen molar-refractivity contribution >= 4 is 61.2 Å². The van der Waals surface area contributed by atoms with Crippen LogP contribution in [0.1, 0.15) is 5.82 Å². The Labute approximate surface area is 148 Å². The molecule has 0 saturated heterocycles. The van der Waals surface area contributed by atoms with Gasteiger partial charge in [0.2, 0.25) is 0 Å². The number of halogens is 4. The van der Waals surface area contributed by atoms with Crippen LogP contribution in [0.4, 0.5) is 4.39 Å². The standard InChI is InChI=1S/C15H10BrClFIN2/c16-9-2-1-3-10(6-9)21-14-7-11(18)12(19)8-13(14)20-15(21)4-5-17/h1-3,6-8H,4-5H2. The van der Waals surface area contributed by atoms with Gasteiger partial charge in [0, 0.05) is 28.5 Å². The van der Waals surface area contributed by atoms with Gasteiger partial charge >= 0.3 is 0 Å². The minimum absolute atomic E-state index is 0.239. The monoisotopic (exact) mass is 478 g/mol. The molecule has 2 aromatic carbocycles. The predicted octanol–water partition coefficient (Wildman–Crippen LogP) is 5.31. The number of benzene rings is 2. The van der Waals surface area contributed by atoms with Gasteiger partial charge in [-0.15, -0.1) is 11.6 Å². The molecular weight excluding hydrogens is 469 g/mol. The molecule has 0 bridgehead atoms. The first-order valence-corrected chi connectivity index (χ1v) is 8.69. The Morgan fingerprint density at radius 1 is 1.29 bits per heavy atom. The van der Waals surface area contributed by atoms with E-state index in [9.17, 15) is 4.39 Å². The molecule has 0 spiro atoms. The van der Waals surface area contributed by atoms with E-state index in [4.69, 9.17) is 11.6 Å². The van der Waals surface area contributed by atoms with Crippen molar-refractivity contribution in [1.82, 2.24) is 9.55 Å². The molecule has 0 unspecified atom stereocenters. The maximum atomic E-state index is 13.9. The fourth-order valence-electron chi connectivity index (χ4n) is 2.28. The van der Waals surface area contributed by atoms with Crippen molar-refractivity contribution in [3.8, 4) is 5.69 Å². The minimum atomic E-state index is -0.239. The third-order valence-electron chi connectivity index (χ3n) is 3.15. The molecule has 1 aromatic heterocycles. The van der Waals surface area contributed by atoms with Gasteiger partial charge in [-0.25, -0.2) is 9.37 Å². The van der Waals surface area contributed by atoms with Gasteiger partial charge in [0.1, 0.15) is 11.6 Å². The van der Waals surface area contributed by atoms with Crippen LogP contribution >= 0.6 is 50.1 Å². The van der Waals surface area contributed by atoms with Crippen LogP contribution in [0.5, 0.6) is 0 Å². The number of alkyl halides is 1. The highest BCUT2D eigenvalue weighted by molar-refractivity contribution is 14.1. The van der Waals surface area contributed by atoms with Gasteiger partial charge in [0.25, 0.3) is 0 Å². The highest BCUT2D eigenvalue weighted by Crippen LogP contribution is 2.27. The van der Waals surface area contributed by atoms with Crippen molar-refractivity contribution in [3.63, 3.8) is 0 Å². The molecule has 21 heavy (non-hydrogen) atoms. The molecule has 2 nitrogen and oxygen atoms in total. The predicted molar refractivity (Wildman–Crippen MR) is 95.9 cm³/mol. The number of imidazole rings is 1. The van der Waals surface area contributed by atoms with Gasteiger partial charge in [-0.1, -0.05) is 22.0 Å². The molecule has 0 atom stereocenters. The second-order valence-electron chi connectivity index (χ2n) is 4.54. The summed E-state index contributed by atoms with van der Waals surface area (Å²) < 4.78 is 17.4. The van der Waals surface area contributed by atoms with Crippen LogP contribution in [0.3, 0.4) is 0 Å². The zero-order valence-electron chi connectivity index (χ0n) is 10.8. The molecule has 108 valence electrons. The lowest BCUT2D eigenvalue weighted by atomic mass is 10.2. The first-order chi connectivity index (χ1) is 10.1. The summed E-state index contributed by atoms with van der Waals surface area (Å²) in [6.45, 7) is 0. The summed E-state index contributed by atoms with van der Waals surface area (Å²) in [4.78, 5) is 4.60. The Morgan fingerprint density at radius 3 is 2.81 bits per heavy atom. The fourth-order valence-corrected chi connectivity index (χ4v) is 3.28. The Bertz CT molecular complexity index is 819. The van der Waals surface area contributed by atoms with Gasteiger partial charge in [0.05, 0.1) is 14.6 Å². The van der Waals surface area contributed by atoms with Crippen molar-refractivity contribution in [2.75, 3.05) is 5.88 Å². The zero-order chi connectivity index (χ0) is 15.0. The number of nitrogens with zero attached hydrogens (tertiary/aromatic N) is 2. The van der Waals surface area contributed by atoms with Crippen molar-refractivity contribution in [3.05, 3.63) is 56.1 Å². The Morgan fingerprint density at radius 2 is 2.10 bits per heavy atom. The van der Waals surface area contributed by atoms with Crippen molar-refractivity contribution in [2.24, 2.45) is 0 Å². The largest absolute Gasteiger partial charge is 0.296 e. The number of hydrogen-bond donors (Lipinski definition) is 0. The molecule has 3 aromatic rings. The number of aryl methyl sites for hydroxylation is 1. The van der Waals surface area contributed by atoms with Gasteiger partial charge in [-0.2, -0.15) is 0 Å². The van der Waals surface area contributed by atoms with Gasteiger partial charge in [0.15, 0.2) is 0 Å². The smallest absolute Gasteiger partial charge is 0.138 e. The van der Waals surface area contributed by atoms with E-state index >= 15 is 0 Å². The summed E-state index contributed by atoms with van der Waals surface area (Å²) in [5, 5.41) is 0. The lowest BCUT2D eigenvalue weighted by Gasteiger charge is -2.09. The Kier molecular flexibility index (Phi) is 4.51. The van der Waals surface area contributed by atoms with Gasteiger partial charge in [-0.05, 0) is 46.9 Å². The number of fused-ring (bicyclic) bond motifs is 1. The highest BCUT2D eigenvalue weighted by atomic mass is 127. The summed E-state index contributed by atoms with van der Waals surface area (Å²) in [6, 6.07) is 11.1. The molecule has 6 heteroatoms. The van der Waals surface area contributed by atoms with E-state index in [0.717, 1.165) is 27.0 Å². The maximum Gasteiger partial charge on any atom is 0.138 e. The van der Waals surface area contributed by atoms with Gasteiger partial charge < -0.3 is 0 Å². The molecule has 0 fully saturated rings. The minimum Gasteiger partial charge on any atom is -0.296 e. The molecule has 0 aliphatic carbocycles. The molecule has 0 saturated carbocycles. The molecular formula is C15H10BrClFIN2. The first-order valence-electron chi connectivity index (χ1n) is 6.28. The summed E-state index contributed by atoms with van der Waals surface area (Å²) in [6.07, 6.45) is 0.626. The van der Waals surface area contributed by atoms with Crippen LogP contribution in [-0.4, -0.2) is 15.4 Å². The summed E-state index contributed by atoms with van der Waals surface area (Å²) in [5.41, 5.74) is 2.47. The van der Waals surface area contributed by atoms with E-state index in [1.165, 1.54) is 6.07 Å². The molecule has 0 aliphatic rings. The number of hydrogen-bond acceptors (Lipinski definition) is 1. The van der Waals surface area contributed by atoms with Crippen LogP contribution in [0, 0.1) is 9.39 Å². The van der Waals surface area contributed by atoms with Gasteiger partial charge in [-0.3, -0.25) is 4.57 Å². The summed E-state index contributed by atoms with van der Waals surface area (Å²) >= 11 is 11.3. The van der Waals surface area contributed by atoms with E-state index in [0.29, 0.717) is 15.9 Å². The normalized spacial score (nSPS) is 11.2. The highest BCUT2D eigenvalue weighted by Gasteiger charge is 2.14. The molecule has 0 radical (unpaired) electrons. The lowest BCUT2D eigenvalue weighted by molar-refractivity contribution is 0.621. The molecule has 0 aliphatic heterocycles. The second kappa shape index (κ2) is 6.22. The van der Waals surface area contributed by atoms with E-state index in [-0.39, 0.29) is 5.82 Å². The molecule has 3 rings (SSSR count). The van der Waals surface area contributed by atoms with E-state index in [2.05, 4.69) is 20.9 Å². The Balaban J connectivity index is 2.32. The van der Waals surface area contributed by atoms with Crippen molar-refractivity contribution in [1.29, 1.82) is 0 Å². The second-order valence-corrected chi connectivity index (χ2v) is 6.99. The summed E-state index contributed by atoms with van der Waals surface area (Å²) in [5.74, 6) is 1.06. The maximum absolute atomic E-state index is 13.9. The zero-order valence-corrected chi connectivity index (χ0v) is 15.3. The lowest BCUT2D eigenvalue weighted by Crippen LogP contribution is -2.02. The third kappa shape index (κ3) is 2.96. The quantitative estimate of drug-likeness (QED) is 0.368. The summed E-state index contributed by atoms with van der Waals surface area (Å²) in [7, 11) is 0. The van der Waals surface area contributed by atoms with Crippen molar-refractivity contribution in [2.45, 2.75) is 6.42 Å².